The minimum Gasteiger partial charge on any atom is -0.481 e. The number of thiazole rings is 1. The Bertz CT molecular complexity index is 322. The predicted molar refractivity (Wildman–Crippen MR) is 57.0 cm³/mol. The van der Waals surface area contributed by atoms with Gasteiger partial charge in [-0.2, -0.15) is 0 Å². The first-order valence-corrected chi connectivity index (χ1v) is 5.27. The molecule has 5 heteroatoms. The van der Waals surface area contributed by atoms with Gasteiger partial charge in [-0.05, 0) is 13.8 Å². The summed E-state index contributed by atoms with van der Waals surface area (Å²) in [6.07, 6.45) is 0.00242. The average molecular weight is 214 g/mol. The zero-order valence-electron chi connectivity index (χ0n) is 8.52. The van der Waals surface area contributed by atoms with Crippen molar-refractivity contribution >= 4 is 22.4 Å². The van der Waals surface area contributed by atoms with Crippen LogP contribution in [0.5, 0.6) is 0 Å². The van der Waals surface area contributed by atoms with Crippen LogP contribution in [0.3, 0.4) is 0 Å². The molecule has 14 heavy (non-hydrogen) atoms. The van der Waals surface area contributed by atoms with Crippen LogP contribution in [0, 0.1) is 0 Å². The quantitative estimate of drug-likeness (QED) is 0.827. The second-order valence-corrected chi connectivity index (χ2v) is 4.23. The molecular formula is C9H14N2O2S. The molecule has 0 bridgehead atoms. The van der Waals surface area contributed by atoms with Crippen LogP contribution in [0.4, 0.5) is 5.13 Å². The van der Waals surface area contributed by atoms with Crippen molar-refractivity contribution in [3.05, 3.63) is 11.1 Å². The third-order valence-electron chi connectivity index (χ3n) is 1.95. The molecule has 0 unspecified atom stereocenters. The van der Waals surface area contributed by atoms with Crippen LogP contribution in [-0.4, -0.2) is 29.1 Å². The number of carbonyl (C=O) groups is 1. The van der Waals surface area contributed by atoms with E-state index < -0.39 is 5.97 Å². The molecule has 0 atom stereocenters. The van der Waals surface area contributed by atoms with Gasteiger partial charge in [-0.15, -0.1) is 11.3 Å². The number of aliphatic carboxylic acids is 1. The maximum atomic E-state index is 10.4. The molecule has 0 aliphatic rings. The van der Waals surface area contributed by atoms with Crippen molar-refractivity contribution < 1.29 is 9.90 Å². The van der Waals surface area contributed by atoms with Crippen molar-refractivity contribution in [2.75, 3.05) is 11.9 Å². The van der Waals surface area contributed by atoms with Crippen LogP contribution in [-0.2, 0) is 11.2 Å². The van der Waals surface area contributed by atoms with E-state index in [-0.39, 0.29) is 6.42 Å². The molecule has 1 N–H and O–H groups in total. The van der Waals surface area contributed by atoms with E-state index in [1.165, 1.54) is 11.3 Å². The minimum absolute atomic E-state index is 0.00242. The lowest BCUT2D eigenvalue weighted by atomic mass is 10.3. The van der Waals surface area contributed by atoms with E-state index in [1.807, 2.05) is 11.9 Å². The van der Waals surface area contributed by atoms with E-state index in [2.05, 4.69) is 18.8 Å². The molecule has 1 aromatic rings. The van der Waals surface area contributed by atoms with E-state index >= 15 is 0 Å². The predicted octanol–water partition coefficient (Wildman–Crippen LogP) is 1.61. The number of nitrogens with zero attached hydrogens (tertiary/aromatic N) is 2. The summed E-state index contributed by atoms with van der Waals surface area (Å²) in [5.74, 6) is -0.839. The highest BCUT2D eigenvalue weighted by Gasteiger charge is 2.11. The lowest BCUT2D eigenvalue weighted by Gasteiger charge is -2.19. The number of hydrogen-bond donors (Lipinski definition) is 1. The normalized spacial score (nSPS) is 10.6. The van der Waals surface area contributed by atoms with Gasteiger partial charge in [0.05, 0.1) is 12.1 Å². The van der Waals surface area contributed by atoms with Crippen LogP contribution in [0.1, 0.15) is 19.5 Å². The maximum Gasteiger partial charge on any atom is 0.309 e. The lowest BCUT2D eigenvalue weighted by Crippen LogP contribution is -2.25. The van der Waals surface area contributed by atoms with Gasteiger partial charge < -0.3 is 10.0 Å². The molecule has 1 aromatic heterocycles. The Morgan fingerprint density at radius 3 is 2.86 bits per heavy atom. The molecule has 0 aromatic carbocycles. The second-order valence-electron chi connectivity index (χ2n) is 3.40. The van der Waals surface area contributed by atoms with Gasteiger partial charge in [-0.1, -0.05) is 0 Å². The van der Waals surface area contributed by atoms with Gasteiger partial charge >= 0.3 is 5.97 Å². The SMILES string of the molecule is CC(C)N(C)c1nc(CC(=O)O)cs1. The molecule has 0 radical (unpaired) electrons. The summed E-state index contributed by atoms with van der Waals surface area (Å²) < 4.78 is 0. The van der Waals surface area contributed by atoms with Crippen molar-refractivity contribution in [3.63, 3.8) is 0 Å². The number of hydrogen-bond acceptors (Lipinski definition) is 4. The Labute approximate surface area is 87.2 Å². The van der Waals surface area contributed by atoms with Gasteiger partial charge in [-0.25, -0.2) is 4.98 Å². The van der Waals surface area contributed by atoms with Crippen LogP contribution in [0.25, 0.3) is 0 Å². The van der Waals surface area contributed by atoms with E-state index in [0.29, 0.717) is 11.7 Å². The van der Waals surface area contributed by atoms with Crippen LogP contribution < -0.4 is 4.90 Å². The van der Waals surface area contributed by atoms with Crippen LogP contribution in [0.2, 0.25) is 0 Å². The van der Waals surface area contributed by atoms with Gasteiger partial charge in [0.25, 0.3) is 0 Å². The molecule has 0 spiro atoms. The molecule has 0 amide bonds. The first-order chi connectivity index (χ1) is 6.50. The molecular weight excluding hydrogens is 200 g/mol. The second kappa shape index (κ2) is 4.41. The number of aromatic nitrogens is 1. The average Bonchev–Trinajstić information content (AvgIpc) is 2.50. The summed E-state index contributed by atoms with van der Waals surface area (Å²) in [5, 5.41) is 11.2. The molecule has 4 nitrogen and oxygen atoms in total. The summed E-state index contributed by atoms with van der Waals surface area (Å²) in [4.78, 5) is 16.7. The van der Waals surface area contributed by atoms with E-state index in [4.69, 9.17) is 5.11 Å². The summed E-state index contributed by atoms with van der Waals surface area (Å²) >= 11 is 1.48. The largest absolute Gasteiger partial charge is 0.481 e. The molecule has 0 aliphatic heterocycles. The van der Waals surface area contributed by atoms with Gasteiger partial charge in [-0.3, -0.25) is 4.79 Å². The number of carboxylic acid groups (broad SMARTS) is 1. The van der Waals surface area contributed by atoms with Crippen molar-refractivity contribution in [1.29, 1.82) is 0 Å². The maximum absolute atomic E-state index is 10.4. The molecule has 0 saturated heterocycles. The fourth-order valence-corrected chi connectivity index (χ4v) is 1.84. The molecule has 0 aliphatic carbocycles. The summed E-state index contributed by atoms with van der Waals surface area (Å²) in [6.45, 7) is 4.14. The Hall–Kier alpha value is -1.10. The highest BCUT2D eigenvalue weighted by Crippen LogP contribution is 2.21. The van der Waals surface area contributed by atoms with Crippen molar-refractivity contribution in [1.82, 2.24) is 4.98 Å². The molecule has 78 valence electrons. The number of anilines is 1. The fraction of sp³-hybridized carbons (Fsp3) is 0.556. The third-order valence-corrected chi connectivity index (χ3v) is 2.93. The molecule has 0 saturated carbocycles. The zero-order chi connectivity index (χ0) is 10.7. The summed E-state index contributed by atoms with van der Waals surface area (Å²) in [7, 11) is 1.95. The minimum atomic E-state index is -0.839. The molecule has 0 fully saturated rings. The number of carboxylic acids is 1. The van der Waals surface area contributed by atoms with Gasteiger partial charge in [0, 0.05) is 18.5 Å². The fourth-order valence-electron chi connectivity index (χ4n) is 0.915. The first-order valence-electron chi connectivity index (χ1n) is 4.39. The first kappa shape index (κ1) is 11.0. The van der Waals surface area contributed by atoms with E-state index in [0.717, 1.165) is 5.13 Å². The Morgan fingerprint density at radius 1 is 1.71 bits per heavy atom. The smallest absolute Gasteiger partial charge is 0.309 e. The highest BCUT2D eigenvalue weighted by molar-refractivity contribution is 7.13. The highest BCUT2D eigenvalue weighted by atomic mass is 32.1. The number of rotatable bonds is 4. The van der Waals surface area contributed by atoms with Gasteiger partial charge in [0.1, 0.15) is 0 Å². The van der Waals surface area contributed by atoms with Crippen LogP contribution in [0.15, 0.2) is 5.38 Å². The van der Waals surface area contributed by atoms with E-state index in [1.54, 1.807) is 5.38 Å². The lowest BCUT2D eigenvalue weighted by molar-refractivity contribution is -0.136. The van der Waals surface area contributed by atoms with Crippen molar-refractivity contribution in [2.45, 2.75) is 26.3 Å². The third kappa shape index (κ3) is 2.70. The molecule has 1 rings (SSSR count). The Morgan fingerprint density at radius 2 is 2.36 bits per heavy atom. The Kier molecular flexibility index (Phi) is 3.46. The van der Waals surface area contributed by atoms with Gasteiger partial charge in [0.2, 0.25) is 0 Å². The molecule has 1 heterocycles. The standard InChI is InChI=1S/C9H14N2O2S/c1-6(2)11(3)9-10-7(5-14-9)4-8(12)13/h5-6H,4H2,1-3H3,(H,12,13). The zero-order valence-corrected chi connectivity index (χ0v) is 9.34. The monoisotopic (exact) mass is 214 g/mol. The summed E-state index contributed by atoms with van der Waals surface area (Å²) in [6, 6.07) is 0.374. The summed E-state index contributed by atoms with van der Waals surface area (Å²) in [5.41, 5.74) is 0.630. The van der Waals surface area contributed by atoms with Crippen molar-refractivity contribution in [2.24, 2.45) is 0 Å². The van der Waals surface area contributed by atoms with Gasteiger partial charge in [0.15, 0.2) is 5.13 Å². The Balaban J connectivity index is 2.72. The van der Waals surface area contributed by atoms with E-state index in [9.17, 15) is 4.79 Å². The topological polar surface area (TPSA) is 53.4 Å². The van der Waals surface area contributed by atoms with Crippen molar-refractivity contribution in [3.8, 4) is 0 Å². The van der Waals surface area contributed by atoms with Crippen LogP contribution >= 0.6 is 11.3 Å².